The summed E-state index contributed by atoms with van der Waals surface area (Å²) in [4.78, 5) is 11.9. The van der Waals surface area contributed by atoms with Gasteiger partial charge in [0.25, 0.3) is 0 Å². The maximum absolute atomic E-state index is 11.9. The molecular weight excluding hydrogens is 252 g/mol. The molecule has 1 unspecified atom stereocenters. The molecular formula is C16H26N2O2. The Balaban J connectivity index is 2.61. The zero-order valence-electron chi connectivity index (χ0n) is 12.7. The van der Waals surface area contributed by atoms with Gasteiger partial charge in [-0.1, -0.05) is 39.0 Å². The average Bonchev–Trinajstić information content (AvgIpc) is 2.47. The van der Waals surface area contributed by atoms with Gasteiger partial charge in [0, 0.05) is 12.2 Å². The largest absolute Gasteiger partial charge is 0.393 e. The summed E-state index contributed by atoms with van der Waals surface area (Å²) < 4.78 is 0. The van der Waals surface area contributed by atoms with Crippen molar-refractivity contribution in [3.8, 4) is 0 Å². The highest BCUT2D eigenvalue weighted by atomic mass is 16.3. The van der Waals surface area contributed by atoms with Gasteiger partial charge in [0.2, 0.25) is 0 Å². The first-order chi connectivity index (χ1) is 9.62. The van der Waals surface area contributed by atoms with Crippen LogP contribution in [0.5, 0.6) is 0 Å². The Kier molecular flexibility index (Phi) is 7.09. The Bertz CT molecular complexity index is 410. The van der Waals surface area contributed by atoms with Gasteiger partial charge in [-0.15, -0.1) is 0 Å². The van der Waals surface area contributed by atoms with Crippen molar-refractivity contribution < 1.29 is 9.90 Å². The summed E-state index contributed by atoms with van der Waals surface area (Å²) in [7, 11) is 0. The van der Waals surface area contributed by atoms with Crippen LogP contribution < -0.4 is 10.6 Å². The third-order valence-electron chi connectivity index (χ3n) is 3.47. The molecule has 4 nitrogen and oxygen atoms in total. The number of aliphatic hydroxyl groups excluding tert-OH is 1. The van der Waals surface area contributed by atoms with Gasteiger partial charge in [-0.25, -0.2) is 4.79 Å². The molecule has 0 fully saturated rings. The van der Waals surface area contributed by atoms with Crippen LogP contribution in [-0.2, 0) is 12.8 Å². The lowest BCUT2D eigenvalue weighted by molar-refractivity contribution is 0.160. The van der Waals surface area contributed by atoms with Crippen LogP contribution in [0.15, 0.2) is 18.2 Å². The van der Waals surface area contributed by atoms with Crippen molar-refractivity contribution in [1.29, 1.82) is 0 Å². The molecule has 0 heterocycles. The number of carbonyl (C=O) groups excluding carboxylic acids is 1. The van der Waals surface area contributed by atoms with Crippen molar-refractivity contribution in [1.82, 2.24) is 5.32 Å². The molecule has 0 aromatic heterocycles. The van der Waals surface area contributed by atoms with Gasteiger partial charge in [-0.3, -0.25) is 0 Å². The maximum atomic E-state index is 11.9. The number of para-hydroxylation sites is 1. The number of benzene rings is 1. The second-order valence-electron chi connectivity index (χ2n) is 4.89. The van der Waals surface area contributed by atoms with Crippen molar-refractivity contribution in [2.24, 2.45) is 0 Å². The van der Waals surface area contributed by atoms with Gasteiger partial charge in [0.1, 0.15) is 0 Å². The molecule has 0 radical (unpaired) electrons. The quantitative estimate of drug-likeness (QED) is 0.717. The molecule has 1 rings (SSSR count). The van der Waals surface area contributed by atoms with Crippen LogP contribution >= 0.6 is 0 Å². The zero-order chi connectivity index (χ0) is 15.0. The number of nitrogens with one attached hydrogen (secondary N) is 2. The number of carbonyl (C=O) groups is 1. The summed E-state index contributed by atoms with van der Waals surface area (Å²) in [5, 5.41) is 15.2. The van der Waals surface area contributed by atoms with Crippen LogP contribution in [0.2, 0.25) is 0 Å². The predicted molar refractivity (Wildman–Crippen MR) is 83.1 cm³/mol. The highest BCUT2D eigenvalue weighted by Crippen LogP contribution is 2.22. The van der Waals surface area contributed by atoms with E-state index in [4.69, 9.17) is 0 Å². The van der Waals surface area contributed by atoms with Crippen molar-refractivity contribution >= 4 is 11.7 Å². The van der Waals surface area contributed by atoms with Crippen molar-refractivity contribution in [2.45, 2.75) is 52.6 Å². The van der Waals surface area contributed by atoms with E-state index in [2.05, 4.69) is 24.5 Å². The molecule has 1 atom stereocenters. The molecule has 2 amide bonds. The van der Waals surface area contributed by atoms with Crippen molar-refractivity contribution in [3.63, 3.8) is 0 Å². The van der Waals surface area contributed by atoms with Crippen LogP contribution in [0.1, 0.15) is 44.7 Å². The summed E-state index contributed by atoms with van der Waals surface area (Å²) in [6.45, 7) is 6.57. The lowest BCUT2D eigenvalue weighted by Gasteiger charge is -2.15. The van der Waals surface area contributed by atoms with Crippen LogP contribution in [0.4, 0.5) is 10.5 Å². The van der Waals surface area contributed by atoms with E-state index in [0.29, 0.717) is 19.4 Å². The zero-order valence-corrected chi connectivity index (χ0v) is 12.7. The number of anilines is 1. The SMILES string of the molecule is CCc1cccc(CC)c1NC(=O)NCCC(O)CC. The molecule has 0 saturated heterocycles. The number of amides is 2. The van der Waals surface area contributed by atoms with Crippen molar-refractivity contribution in [2.75, 3.05) is 11.9 Å². The van der Waals surface area contributed by atoms with Crippen molar-refractivity contribution in [3.05, 3.63) is 29.3 Å². The van der Waals surface area contributed by atoms with Gasteiger partial charge in [-0.2, -0.15) is 0 Å². The van der Waals surface area contributed by atoms with E-state index in [1.54, 1.807) is 0 Å². The summed E-state index contributed by atoms with van der Waals surface area (Å²) in [5.74, 6) is 0. The molecule has 0 aliphatic heterocycles. The molecule has 20 heavy (non-hydrogen) atoms. The van der Waals surface area contributed by atoms with Gasteiger partial charge in [-0.05, 0) is 36.8 Å². The molecule has 4 heteroatoms. The van der Waals surface area contributed by atoms with Gasteiger partial charge in [0.05, 0.1) is 6.10 Å². The lowest BCUT2D eigenvalue weighted by Crippen LogP contribution is -2.31. The molecule has 112 valence electrons. The lowest BCUT2D eigenvalue weighted by atomic mass is 10.0. The first kappa shape index (κ1) is 16.5. The summed E-state index contributed by atoms with van der Waals surface area (Å²) in [6, 6.07) is 5.90. The fourth-order valence-corrected chi connectivity index (χ4v) is 2.12. The highest BCUT2D eigenvalue weighted by Gasteiger charge is 2.10. The van der Waals surface area contributed by atoms with Crippen LogP contribution in [0.3, 0.4) is 0 Å². The Morgan fingerprint density at radius 3 is 2.30 bits per heavy atom. The van der Waals surface area contributed by atoms with Crippen LogP contribution in [-0.4, -0.2) is 23.8 Å². The summed E-state index contributed by atoms with van der Waals surface area (Å²) >= 11 is 0. The van der Waals surface area contributed by atoms with Crippen LogP contribution in [0.25, 0.3) is 0 Å². The van der Waals surface area contributed by atoms with E-state index in [-0.39, 0.29) is 12.1 Å². The Labute approximate surface area is 121 Å². The maximum Gasteiger partial charge on any atom is 0.319 e. The Hall–Kier alpha value is -1.55. The Morgan fingerprint density at radius 1 is 1.20 bits per heavy atom. The minimum absolute atomic E-state index is 0.205. The highest BCUT2D eigenvalue weighted by molar-refractivity contribution is 5.91. The van der Waals surface area contributed by atoms with E-state index >= 15 is 0 Å². The number of aryl methyl sites for hydroxylation is 2. The minimum Gasteiger partial charge on any atom is -0.393 e. The molecule has 1 aromatic carbocycles. The third-order valence-corrected chi connectivity index (χ3v) is 3.47. The topological polar surface area (TPSA) is 61.4 Å². The number of urea groups is 1. The standard InChI is InChI=1S/C16H26N2O2/c1-4-12-8-7-9-13(5-2)15(12)18-16(20)17-11-10-14(19)6-3/h7-9,14,19H,4-6,10-11H2,1-3H3,(H2,17,18,20). The second-order valence-corrected chi connectivity index (χ2v) is 4.89. The fourth-order valence-electron chi connectivity index (χ4n) is 2.12. The second kappa shape index (κ2) is 8.59. The fraction of sp³-hybridized carbons (Fsp3) is 0.562. The molecule has 3 N–H and O–H groups in total. The Morgan fingerprint density at radius 2 is 1.80 bits per heavy atom. The van der Waals surface area contributed by atoms with Gasteiger partial charge >= 0.3 is 6.03 Å². The van der Waals surface area contributed by atoms with E-state index in [1.165, 1.54) is 0 Å². The predicted octanol–water partition coefficient (Wildman–Crippen LogP) is 3.09. The molecule has 0 aliphatic rings. The third kappa shape index (κ3) is 4.85. The average molecular weight is 278 g/mol. The van der Waals surface area contributed by atoms with E-state index in [9.17, 15) is 9.90 Å². The molecule has 0 spiro atoms. The monoisotopic (exact) mass is 278 g/mol. The minimum atomic E-state index is -0.343. The molecule has 0 aliphatic carbocycles. The summed E-state index contributed by atoms with van der Waals surface area (Å²) in [6.07, 6.45) is 2.72. The molecule has 0 bridgehead atoms. The first-order valence-corrected chi connectivity index (χ1v) is 7.45. The smallest absolute Gasteiger partial charge is 0.319 e. The van der Waals surface area contributed by atoms with E-state index in [0.717, 1.165) is 29.7 Å². The number of hydrogen-bond acceptors (Lipinski definition) is 2. The molecule has 0 saturated carbocycles. The van der Waals surface area contributed by atoms with Gasteiger partial charge < -0.3 is 15.7 Å². The van der Waals surface area contributed by atoms with Crippen LogP contribution in [0, 0.1) is 0 Å². The van der Waals surface area contributed by atoms with Gasteiger partial charge in [0.15, 0.2) is 0 Å². The normalized spacial score (nSPS) is 12.0. The molecule has 1 aromatic rings. The van der Waals surface area contributed by atoms with E-state index in [1.807, 2.05) is 25.1 Å². The number of rotatable bonds is 7. The number of hydrogen-bond donors (Lipinski definition) is 3. The number of aliphatic hydroxyl groups is 1. The first-order valence-electron chi connectivity index (χ1n) is 7.45. The summed E-state index contributed by atoms with van der Waals surface area (Å²) in [5.41, 5.74) is 3.22. The van der Waals surface area contributed by atoms with E-state index < -0.39 is 0 Å².